The lowest BCUT2D eigenvalue weighted by Crippen LogP contribution is -2.18. The Hall–Kier alpha value is -0.820. The third-order valence-corrected chi connectivity index (χ3v) is 3.80. The van der Waals surface area contributed by atoms with Gasteiger partial charge in [0.1, 0.15) is 0 Å². The molecular formula is C15H22O. The zero-order chi connectivity index (χ0) is 12.7. The molecule has 0 aromatic heterocycles. The van der Waals surface area contributed by atoms with Gasteiger partial charge in [0.15, 0.2) is 0 Å². The molecule has 0 amide bonds. The fourth-order valence-electron chi connectivity index (χ4n) is 2.57. The van der Waals surface area contributed by atoms with Crippen molar-refractivity contribution in [2.75, 3.05) is 0 Å². The van der Waals surface area contributed by atoms with E-state index < -0.39 is 6.08 Å². The Bertz CT molecular complexity index is 378. The molecule has 3 atom stereocenters. The van der Waals surface area contributed by atoms with E-state index in [1.165, 1.54) is 0 Å². The Kier molecular flexibility index (Phi) is 2.72. The van der Waals surface area contributed by atoms with Crippen LogP contribution in [0.15, 0.2) is 30.3 Å². The summed E-state index contributed by atoms with van der Waals surface area (Å²) in [5, 5.41) is 10.3. The topological polar surface area (TPSA) is 20.2 Å². The van der Waals surface area contributed by atoms with E-state index in [9.17, 15) is 5.11 Å². The maximum Gasteiger partial charge on any atom is 0.0611 e. The first kappa shape index (κ1) is 10.3. The fraction of sp³-hybridized carbons (Fsp3) is 0.600. The summed E-state index contributed by atoms with van der Waals surface area (Å²) in [6, 6.07) is 9.98. The van der Waals surface area contributed by atoms with Crippen molar-refractivity contribution in [3.8, 4) is 0 Å². The minimum atomic E-state index is -1.31. The zero-order valence-corrected chi connectivity index (χ0v) is 10.4. The highest BCUT2D eigenvalue weighted by Crippen LogP contribution is 2.46. The van der Waals surface area contributed by atoms with Crippen LogP contribution in [0.3, 0.4) is 0 Å². The van der Waals surface area contributed by atoms with E-state index in [2.05, 4.69) is 20.8 Å². The molecule has 0 radical (unpaired) electrons. The van der Waals surface area contributed by atoms with Gasteiger partial charge in [0.05, 0.1) is 7.45 Å². The van der Waals surface area contributed by atoms with Crippen molar-refractivity contribution in [1.82, 2.24) is 0 Å². The molecule has 1 nitrogen and oxygen atoms in total. The molecule has 16 heavy (non-hydrogen) atoms. The molecule has 1 N–H and O–H groups in total. The highest BCUT2D eigenvalue weighted by molar-refractivity contribution is 5.22. The average Bonchev–Trinajstić information content (AvgIpc) is 2.55. The Morgan fingerprint density at radius 3 is 2.31 bits per heavy atom. The predicted octanol–water partition coefficient (Wildman–Crippen LogP) is 3.59. The first-order chi connectivity index (χ1) is 7.81. The molecule has 0 spiro atoms. The molecule has 0 heterocycles. The lowest BCUT2D eigenvalue weighted by atomic mass is 9.79. The van der Waals surface area contributed by atoms with Crippen molar-refractivity contribution in [2.24, 2.45) is 11.3 Å². The van der Waals surface area contributed by atoms with E-state index in [1.54, 1.807) is 0 Å². The molecule has 1 saturated carbocycles. The van der Waals surface area contributed by atoms with E-state index in [0.29, 0.717) is 12.3 Å². The van der Waals surface area contributed by atoms with E-state index in [1.807, 2.05) is 30.3 Å². The SMILES string of the molecule is [2H]C1(O)C[C@@H](C(C)(C)C)C[C@@H]1c1ccccc1. The smallest absolute Gasteiger partial charge is 0.0611 e. The van der Waals surface area contributed by atoms with Crippen LogP contribution in [-0.2, 0) is 0 Å². The molecule has 1 aliphatic carbocycles. The van der Waals surface area contributed by atoms with Crippen LogP contribution >= 0.6 is 0 Å². The van der Waals surface area contributed by atoms with Gasteiger partial charge in [-0.1, -0.05) is 51.1 Å². The molecule has 2 rings (SSSR count). The van der Waals surface area contributed by atoms with Gasteiger partial charge in [0, 0.05) is 5.92 Å². The summed E-state index contributed by atoms with van der Waals surface area (Å²) in [5.41, 5.74) is 1.26. The van der Waals surface area contributed by atoms with Crippen molar-refractivity contribution in [2.45, 2.75) is 45.6 Å². The highest BCUT2D eigenvalue weighted by atomic mass is 16.3. The first-order valence-corrected chi connectivity index (χ1v) is 6.08. The summed E-state index contributed by atoms with van der Waals surface area (Å²) in [6.07, 6.45) is 0.183. The van der Waals surface area contributed by atoms with Gasteiger partial charge < -0.3 is 5.11 Å². The number of hydrogen-bond donors (Lipinski definition) is 1. The summed E-state index contributed by atoms with van der Waals surface area (Å²) >= 11 is 0. The highest BCUT2D eigenvalue weighted by Gasteiger charge is 2.39. The molecule has 0 aliphatic heterocycles. The van der Waals surface area contributed by atoms with Gasteiger partial charge in [-0.05, 0) is 29.7 Å². The molecule has 1 aromatic rings. The van der Waals surface area contributed by atoms with Gasteiger partial charge >= 0.3 is 0 Å². The third kappa shape index (κ3) is 2.30. The van der Waals surface area contributed by atoms with Gasteiger partial charge in [-0.2, -0.15) is 0 Å². The maximum absolute atomic E-state index is 10.3. The molecule has 88 valence electrons. The van der Waals surface area contributed by atoms with Crippen LogP contribution in [0.25, 0.3) is 0 Å². The van der Waals surface area contributed by atoms with Gasteiger partial charge in [-0.3, -0.25) is 0 Å². The van der Waals surface area contributed by atoms with E-state index in [0.717, 1.165) is 12.0 Å². The Labute approximate surface area is 99.9 Å². The predicted molar refractivity (Wildman–Crippen MR) is 67.4 cm³/mol. The van der Waals surface area contributed by atoms with E-state index in [4.69, 9.17) is 1.37 Å². The number of hydrogen-bond acceptors (Lipinski definition) is 1. The second kappa shape index (κ2) is 4.21. The van der Waals surface area contributed by atoms with Crippen molar-refractivity contribution < 1.29 is 6.48 Å². The lowest BCUT2D eigenvalue weighted by Gasteiger charge is -2.26. The number of rotatable bonds is 1. The summed E-state index contributed by atoms with van der Waals surface area (Å²) in [6.45, 7) is 6.59. The second-order valence-corrected chi connectivity index (χ2v) is 5.96. The molecule has 0 bridgehead atoms. The summed E-state index contributed by atoms with van der Waals surface area (Å²) < 4.78 is 8.15. The van der Waals surface area contributed by atoms with Crippen molar-refractivity contribution in [3.05, 3.63) is 35.9 Å². The largest absolute Gasteiger partial charge is 0.392 e. The summed E-state index contributed by atoms with van der Waals surface area (Å²) in [7, 11) is 0. The quantitative estimate of drug-likeness (QED) is 0.765. The van der Waals surface area contributed by atoms with Crippen LogP contribution in [-0.4, -0.2) is 11.2 Å². The van der Waals surface area contributed by atoms with Gasteiger partial charge in [-0.25, -0.2) is 0 Å². The van der Waals surface area contributed by atoms with Crippen LogP contribution in [0.1, 0.15) is 46.5 Å². The molecule has 1 aliphatic rings. The minimum absolute atomic E-state index is 0.0482. The molecule has 1 unspecified atom stereocenters. The van der Waals surface area contributed by atoms with Gasteiger partial charge in [0.2, 0.25) is 0 Å². The second-order valence-electron chi connectivity index (χ2n) is 5.96. The van der Waals surface area contributed by atoms with Crippen molar-refractivity contribution in [3.63, 3.8) is 0 Å². The Balaban J connectivity index is 2.25. The van der Waals surface area contributed by atoms with Crippen LogP contribution < -0.4 is 0 Å². The lowest BCUT2D eigenvalue weighted by molar-refractivity contribution is 0.147. The van der Waals surface area contributed by atoms with Crippen LogP contribution in [0.5, 0.6) is 0 Å². The standard InChI is InChI=1S/C15H22O/c1-15(2,3)12-9-13(14(16)10-12)11-7-5-4-6-8-11/h4-8,12-14,16H,9-10H2,1-3H3/t12-,13+,14?/m0/s1/i14D. The maximum atomic E-state index is 10.3. The zero-order valence-electron chi connectivity index (χ0n) is 11.4. The first-order valence-electron chi connectivity index (χ1n) is 6.58. The minimum Gasteiger partial charge on any atom is -0.392 e. The number of aliphatic hydroxyl groups is 1. The normalized spacial score (nSPS) is 36.1. The fourth-order valence-corrected chi connectivity index (χ4v) is 2.57. The molecule has 0 saturated heterocycles. The third-order valence-electron chi connectivity index (χ3n) is 3.80. The molecule has 1 heteroatoms. The summed E-state index contributed by atoms with van der Waals surface area (Å²) in [5.74, 6) is 0.364. The van der Waals surface area contributed by atoms with Crippen LogP contribution in [0, 0.1) is 11.3 Å². The van der Waals surface area contributed by atoms with Crippen LogP contribution in [0.4, 0.5) is 0 Å². The van der Waals surface area contributed by atoms with Crippen LogP contribution in [0.2, 0.25) is 0 Å². The Morgan fingerprint density at radius 2 is 1.81 bits per heavy atom. The average molecular weight is 219 g/mol. The van der Waals surface area contributed by atoms with Gasteiger partial charge in [0.25, 0.3) is 0 Å². The van der Waals surface area contributed by atoms with Crippen molar-refractivity contribution in [1.29, 1.82) is 0 Å². The molecular weight excluding hydrogens is 196 g/mol. The number of benzene rings is 1. The Morgan fingerprint density at radius 1 is 1.19 bits per heavy atom. The summed E-state index contributed by atoms with van der Waals surface area (Å²) in [4.78, 5) is 0. The monoisotopic (exact) mass is 219 g/mol. The van der Waals surface area contributed by atoms with E-state index >= 15 is 0 Å². The molecule has 1 aromatic carbocycles. The van der Waals surface area contributed by atoms with Gasteiger partial charge in [-0.15, -0.1) is 0 Å². The van der Waals surface area contributed by atoms with E-state index in [-0.39, 0.29) is 11.3 Å². The molecule has 1 fully saturated rings. The van der Waals surface area contributed by atoms with Crippen molar-refractivity contribution >= 4 is 0 Å².